The fraction of sp³-hybridized carbons (Fsp3) is 1.00. The quantitative estimate of drug-likeness (QED) is 0.702. The lowest BCUT2D eigenvalue weighted by atomic mass is 10.4. The van der Waals surface area contributed by atoms with Gasteiger partial charge in [0, 0.05) is 41.9 Å². The van der Waals surface area contributed by atoms with E-state index < -0.39 is 10.8 Å². The Hall–Kier alpha value is 0.0700. The monoisotopic (exact) mass is 204 g/mol. The third-order valence-corrected chi connectivity index (χ3v) is 3.67. The molecule has 4 heteroatoms. The zero-order valence-corrected chi connectivity index (χ0v) is 9.24. The van der Waals surface area contributed by atoms with Gasteiger partial charge in [-0.25, -0.2) is 0 Å². The van der Waals surface area contributed by atoms with E-state index in [1.54, 1.807) is 0 Å². The SMILES string of the molecule is CCS(=O)CCN1CCCNCC1. The molecule has 1 saturated heterocycles. The Balaban J connectivity index is 2.15. The third kappa shape index (κ3) is 4.74. The molecule has 0 amide bonds. The van der Waals surface area contributed by atoms with Crippen molar-refractivity contribution in [2.45, 2.75) is 13.3 Å². The summed E-state index contributed by atoms with van der Waals surface area (Å²) in [7, 11) is -0.596. The van der Waals surface area contributed by atoms with Crippen molar-refractivity contribution in [1.82, 2.24) is 10.2 Å². The second-order valence-electron chi connectivity index (χ2n) is 3.38. The first-order valence-electron chi connectivity index (χ1n) is 5.11. The van der Waals surface area contributed by atoms with Crippen molar-refractivity contribution in [3.05, 3.63) is 0 Å². The maximum atomic E-state index is 11.2. The molecule has 78 valence electrons. The second-order valence-corrected chi connectivity index (χ2v) is 5.24. The molecule has 1 fully saturated rings. The fourth-order valence-electron chi connectivity index (χ4n) is 1.50. The van der Waals surface area contributed by atoms with Gasteiger partial charge in [0.2, 0.25) is 0 Å². The standard InChI is InChI=1S/C9H20N2OS/c1-2-13(12)9-8-11-6-3-4-10-5-7-11/h10H,2-9H2,1H3. The largest absolute Gasteiger partial charge is 0.315 e. The van der Waals surface area contributed by atoms with Gasteiger partial charge in [0.15, 0.2) is 0 Å². The van der Waals surface area contributed by atoms with Crippen LogP contribution < -0.4 is 5.32 Å². The van der Waals surface area contributed by atoms with Crippen LogP contribution in [0.25, 0.3) is 0 Å². The Bertz CT molecular complexity index is 156. The van der Waals surface area contributed by atoms with Crippen molar-refractivity contribution in [1.29, 1.82) is 0 Å². The summed E-state index contributed by atoms with van der Waals surface area (Å²) in [6, 6.07) is 0. The molecule has 0 bridgehead atoms. The van der Waals surface area contributed by atoms with Crippen LogP contribution in [-0.2, 0) is 10.8 Å². The van der Waals surface area contributed by atoms with Crippen LogP contribution in [0, 0.1) is 0 Å². The first kappa shape index (κ1) is 11.1. The van der Waals surface area contributed by atoms with E-state index in [1.165, 1.54) is 6.42 Å². The lowest BCUT2D eigenvalue weighted by Crippen LogP contribution is -2.31. The molecule has 0 saturated carbocycles. The van der Waals surface area contributed by atoms with E-state index in [0.717, 1.165) is 44.2 Å². The first-order chi connectivity index (χ1) is 6.33. The molecule has 3 nitrogen and oxygen atoms in total. The van der Waals surface area contributed by atoms with Crippen molar-refractivity contribution in [3.8, 4) is 0 Å². The molecule has 1 aliphatic heterocycles. The van der Waals surface area contributed by atoms with Gasteiger partial charge in [-0.05, 0) is 19.5 Å². The van der Waals surface area contributed by atoms with Gasteiger partial charge in [0.25, 0.3) is 0 Å². The van der Waals surface area contributed by atoms with Gasteiger partial charge in [-0.15, -0.1) is 0 Å². The Morgan fingerprint density at radius 2 is 2.23 bits per heavy atom. The molecule has 1 aliphatic rings. The number of hydrogen-bond donors (Lipinski definition) is 1. The summed E-state index contributed by atoms with van der Waals surface area (Å²) in [5, 5.41) is 3.36. The molecule has 0 aromatic carbocycles. The van der Waals surface area contributed by atoms with Gasteiger partial charge in [0.1, 0.15) is 0 Å². The number of nitrogens with zero attached hydrogens (tertiary/aromatic N) is 1. The van der Waals surface area contributed by atoms with Crippen molar-refractivity contribution in [2.75, 3.05) is 44.2 Å². The Morgan fingerprint density at radius 3 is 3.00 bits per heavy atom. The van der Waals surface area contributed by atoms with Gasteiger partial charge in [-0.2, -0.15) is 0 Å². The molecule has 0 aromatic heterocycles. The highest BCUT2D eigenvalue weighted by atomic mass is 32.2. The van der Waals surface area contributed by atoms with E-state index >= 15 is 0 Å². The van der Waals surface area contributed by atoms with E-state index in [0.29, 0.717) is 0 Å². The van der Waals surface area contributed by atoms with Crippen LogP contribution >= 0.6 is 0 Å². The van der Waals surface area contributed by atoms with E-state index in [4.69, 9.17) is 0 Å². The topological polar surface area (TPSA) is 32.3 Å². The van der Waals surface area contributed by atoms with Gasteiger partial charge in [-0.3, -0.25) is 4.21 Å². The van der Waals surface area contributed by atoms with Crippen LogP contribution in [0.3, 0.4) is 0 Å². The molecule has 0 spiro atoms. The first-order valence-corrected chi connectivity index (χ1v) is 6.59. The van der Waals surface area contributed by atoms with Crippen molar-refractivity contribution < 1.29 is 4.21 Å². The van der Waals surface area contributed by atoms with Crippen LogP contribution in [-0.4, -0.2) is 53.3 Å². The van der Waals surface area contributed by atoms with Crippen LogP contribution in [0.5, 0.6) is 0 Å². The normalized spacial score (nSPS) is 22.5. The maximum absolute atomic E-state index is 11.2. The summed E-state index contributed by atoms with van der Waals surface area (Å²) >= 11 is 0. The molecule has 1 heterocycles. The highest BCUT2D eigenvalue weighted by Crippen LogP contribution is 1.95. The molecule has 0 radical (unpaired) electrons. The summed E-state index contributed by atoms with van der Waals surface area (Å²) in [5.41, 5.74) is 0. The highest BCUT2D eigenvalue weighted by molar-refractivity contribution is 7.84. The minimum atomic E-state index is -0.596. The molecule has 0 aromatic rings. The van der Waals surface area contributed by atoms with Crippen molar-refractivity contribution >= 4 is 10.8 Å². The van der Waals surface area contributed by atoms with Crippen molar-refractivity contribution in [2.24, 2.45) is 0 Å². The van der Waals surface area contributed by atoms with E-state index in [9.17, 15) is 4.21 Å². The van der Waals surface area contributed by atoms with E-state index in [-0.39, 0.29) is 0 Å². The molecule has 1 rings (SSSR count). The van der Waals surface area contributed by atoms with Gasteiger partial charge >= 0.3 is 0 Å². The second kappa shape index (κ2) is 6.51. The smallest absolute Gasteiger partial charge is 0.0362 e. The Labute approximate surface area is 83.3 Å². The number of nitrogens with one attached hydrogen (secondary N) is 1. The lowest BCUT2D eigenvalue weighted by molar-refractivity contribution is 0.310. The summed E-state index contributed by atoms with van der Waals surface area (Å²) in [5.74, 6) is 1.64. The van der Waals surface area contributed by atoms with Crippen LogP contribution in [0.2, 0.25) is 0 Å². The zero-order valence-electron chi connectivity index (χ0n) is 8.42. The zero-order chi connectivity index (χ0) is 9.52. The molecular formula is C9H20N2OS. The van der Waals surface area contributed by atoms with E-state index in [2.05, 4.69) is 10.2 Å². The number of hydrogen-bond acceptors (Lipinski definition) is 3. The number of rotatable bonds is 4. The molecule has 0 aliphatic carbocycles. The predicted molar refractivity (Wildman–Crippen MR) is 57.5 cm³/mol. The fourth-order valence-corrected chi connectivity index (χ4v) is 2.25. The summed E-state index contributed by atoms with van der Waals surface area (Å²) in [4.78, 5) is 2.41. The molecule has 1 unspecified atom stereocenters. The molecule has 13 heavy (non-hydrogen) atoms. The molecular weight excluding hydrogens is 184 g/mol. The van der Waals surface area contributed by atoms with Crippen LogP contribution in [0.15, 0.2) is 0 Å². The Morgan fingerprint density at radius 1 is 1.38 bits per heavy atom. The van der Waals surface area contributed by atoms with Crippen molar-refractivity contribution in [3.63, 3.8) is 0 Å². The molecule has 1 atom stereocenters. The van der Waals surface area contributed by atoms with E-state index in [1.807, 2.05) is 6.92 Å². The summed E-state index contributed by atoms with van der Waals surface area (Å²) in [6.07, 6.45) is 1.22. The maximum Gasteiger partial charge on any atom is 0.0362 e. The van der Waals surface area contributed by atoms with Gasteiger partial charge < -0.3 is 10.2 Å². The Kier molecular flexibility index (Phi) is 5.58. The van der Waals surface area contributed by atoms with Gasteiger partial charge in [0.05, 0.1) is 0 Å². The summed E-state index contributed by atoms with van der Waals surface area (Å²) in [6.45, 7) is 7.48. The van der Waals surface area contributed by atoms with Crippen LogP contribution in [0.1, 0.15) is 13.3 Å². The van der Waals surface area contributed by atoms with Crippen LogP contribution in [0.4, 0.5) is 0 Å². The lowest BCUT2D eigenvalue weighted by Gasteiger charge is -2.18. The predicted octanol–water partition coefficient (Wildman–Crippen LogP) is 0.0503. The summed E-state index contributed by atoms with van der Waals surface area (Å²) < 4.78 is 11.2. The molecule has 1 N–H and O–H groups in total. The average molecular weight is 204 g/mol. The minimum absolute atomic E-state index is 0.596. The van der Waals surface area contributed by atoms with Gasteiger partial charge in [-0.1, -0.05) is 6.92 Å². The third-order valence-electron chi connectivity index (χ3n) is 2.39. The average Bonchev–Trinajstić information content (AvgIpc) is 2.42. The highest BCUT2D eigenvalue weighted by Gasteiger charge is 2.08. The minimum Gasteiger partial charge on any atom is -0.315 e.